The number of esters is 1. The Hall–Kier alpha value is -3.49. The summed E-state index contributed by atoms with van der Waals surface area (Å²) in [6, 6.07) is 24.0. The molecular formula is C31H35NO6S. The van der Waals surface area contributed by atoms with Gasteiger partial charge in [0.2, 0.25) is 5.91 Å². The number of carbonyl (C=O) groups is 2. The van der Waals surface area contributed by atoms with Crippen LogP contribution < -0.4 is 10.1 Å². The monoisotopic (exact) mass is 549 g/mol. The van der Waals surface area contributed by atoms with Gasteiger partial charge < -0.3 is 10.1 Å². The maximum atomic E-state index is 14.0. The third-order valence-corrected chi connectivity index (χ3v) is 8.45. The smallest absolute Gasteiger partial charge is 0.329 e. The molecule has 0 heterocycles. The minimum Gasteiger partial charge on any atom is -0.426 e. The van der Waals surface area contributed by atoms with Crippen molar-refractivity contribution in [2.24, 2.45) is 5.41 Å². The van der Waals surface area contributed by atoms with Crippen molar-refractivity contribution in [1.29, 1.82) is 0 Å². The molecule has 1 aliphatic rings. The zero-order valence-corrected chi connectivity index (χ0v) is 23.0. The summed E-state index contributed by atoms with van der Waals surface area (Å²) in [5, 5.41) is 3.03. The molecule has 0 saturated heterocycles. The zero-order chi connectivity index (χ0) is 27.7. The van der Waals surface area contributed by atoms with Gasteiger partial charge >= 0.3 is 5.97 Å². The number of benzene rings is 3. The van der Waals surface area contributed by atoms with Crippen LogP contribution in [0.4, 0.5) is 0 Å². The van der Waals surface area contributed by atoms with E-state index in [1.165, 1.54) is 12.1 Å². The molecule has 3 aromatic carbocycles. The molecule has 39 heavy (non-hydrogen) atoms. The summed E-state index contributed by atoms with van der Waals surface area (Å²) >= 11 is 0. The largest absolute Gasteiger partial charge is 0.426 e. The Bertz CT molecular complexity index is 1340. The van der Waals surface area contributed by atoms with Crippen LogP contribution in [0.1, 0.15) is 49.7 Å². The fourth-order valence-corrected chi connectivity index (χ4v) is 5.68. The number of nitrogens with one attached hydrogen (secondary N) is 1. The number of carbonyl (C=O) groups excluding carboxylic acids is 2. The van der Waals surface area contributed by atoms with Gasteiger partial charge in [0.15, 0.2) is 5.41 Å². The predicted molar refractivity (Wildman–Crippen MR) is 149 cm³/mol. The quantitative estimate of drug-likeness (QED) is 0.149. The summed E-state index contributed by atoms with van der Waals surface area (Å²) < 4.78 is 37.5. The molecule has 0 bridgehead atoms. The Labute approximate surface area is 230 Å². The second kappa shape index (κ2) is 13.0. The molecule has 1 N–H and O–H groups in total. The maximum Gasteiger partial charge on any atom is 0.329 e. The van der Waals surface area contributed by atoms with E-state index in [1.807, 2.05) is 37.3 Å². The number of hydrogen-bond donors (Lipinski definition) is 1. The van der Waals surface area contributed by atoms with E-state index in [4.69, 9.17) is 8.92 Å². The molecule has 0 spiro atoms. The van der Waals surface area contributed by atoms with Gasteiger partial charge in [-0.05, 0) is 62.4 Å². The van der Waals surface area contributed by atoms with E-state index in [1.54, 1.807) is 42.5 Å². The van der Waals surface area contributed by atoms with Crippen LogP contribution in [0.3, 0.4) is 0 Å². The molecule has 1 fully saturated rings. The molecule has 7 nitrogen and oxygen atoms in total. The normalized spacial score (nSPS) is 15.7. The highest BCUT2D eigenvalue weighted by Crippen LogP contribution is 2.32. The van der Waals surface area contributed by atoms with Gasteiger partial charge in [-0.15, -0.1) is 0 Å². The van der Waals surface area contributed by atoms with Gasteiger partial charge in [0.25, 0.3) is 10.1 Å². The average molecular weight is 550 g/mol. The van der Waals surface area contributed by atoms with Crippen molar-refractivity contribution in [2.75, 3.05) is 6.61 Å². The number of para-hydroxylation sites is 1. The molecule has 1 aliphatic carbocycles. The van der Waals surface area contributed by atoms with Gasteiger partial charge in [-0.1, -0.05) is 85.5 Å². The van der Waals surface area contributed by atoms with Crippen LogP contribution >= 0.6 is 0 Å². The molecule has 0 aliphatic heterocycles. The number of rotatable bonds is 11. The molecule has 1 amide bonds. The van der Waals surface area contributed by atoms with Gasteiger partial charge in [0.1, 0.15) is 5.75 Å². The van der Waals surface area contributed by atoms with Gasteiger partial charge in [0.05, 0.1) is 11.5 Å². The molecule has 1 unspecified atom stereocenters. The number of ether oxygens (including phenoxy) is 1. The van der Waals surface area contributed by atoms with E-state index >= 15 is 0 Å². The lowest BCUT2D eigenvalue weighted by Crippen LogP contribution is -2.54. The standard InChI is InChI=1S/C31H35NO6S/c1-24-17-19-28(20-18-24)39(35,36)37-23-31(22-21-25-11-5-2-6-12-25,29(33)32-26-13-7-3-8-14-26)30(34)38-27-15-9-4-10-16-27/h2,4-6,9-12,15-20,26H,3,7-8,13-14,21-23H2,1H3,(H,32,33). The summed E-state index contributed by atoms with van der Waals surface area (Å²) in [5.41, 5.74) is -0.105. The first-order valence-corrected chi connectivity index (χ1v) is 14.8. The first kappa shape index (κ1) is 28.5. The molecular weight excluding hydrogens is 514 g/mol. The molecule has 206 valence electrons. The lowest BCUT2D eigenvalue weighted by atomic mass is 9.81. The van der Waals surface area contributed by atoms with Crippen LogP contribution in [0.15, 0.2) is 89.8 Å². The summed E-state index contributed by atoms with van der Waals surface area (Å²) in [7, 11) is -4.25. The Morgan fingerprint density at radius 2 is 1.49 bits per heavy atom. The van der Waals surface area contributed by atoms with Gasteiger partial charge in [-0.2, -0.15) is 8.42 Å². The fraction of sp³-hybridized carbons (Fsp3) is 0.355. The summed E-state index contributed by atoms with van der Waals surface area (Å²) in [6.07, 6.45) is 5.01. The average Bonchev–Trinajstić information content (AvgIpc) is 2.95. The maximum absolute atomic E-state index is 14.0. The predicted octanol–water partition coefficient (Wildman–Crippen LogP) is 5.37. The lowest BCUT2D eigenvalue weighted by molar-refractivity contribution is -0.156. The molecule has 0 aromatic heterocycles. The van der Waals surface area contributed by atoms with E-state index < -0.39 is 34.0 Å². The molecule has 4 rings (SSSR count). The van der Waals surface area contributed by atoms with Crippen molar-refractivity contribution in [3.63, 3.8) is 0 Å². The van der Waals surface area contributed by atoms with Crippen molar-refractivity contribution in [3.8, 4) is 5.75 Å². The van der Waals surface area contributed by atoms with E-state index in [2.05, 4.69) is 5.32 Å². The van der Waals surface area contributed by atoms with Crippen LogP contribution in [-0.4, -0.2) is 32.9 Å². The first-order chi connectivity index (χ1) is 18.8. The minimum absolute atomic E-state index is 0.00461. The summed E-state index contributed by atoms with van der Waals surface area (Å²) in [6.45, 7) is 1.17. The first-order valence-electron chi connectivity index (χ1n) is 13.4. The molecule has 8 heteroatoms. The third-order valence-electron chi connectivity index (χ3n) is 7.17. The van der Waals surface area contributed by atoms with Crippen LogP contribution in [0.25, 0.3) is 0 Å². The van der Waals surface area contributed by atoms with E-state index in [-0.39, 0.29) is 23.1 Å². The Morgan fingerprint density at radius 3 is 2.13 bits per heavy atom. The van der Waals surface area contributed by atoms with Crippen LogP contribution in [-0.2, 0) is 30.3 Å². The Morgan fingerprint density at radius 1 is 0.872 bits per heavy atom. The topological polar surface area (TPSA) is 98.8 Å². The van der Waals surface area contributed by atoms with Gasteiger partial charge in [0, 0.05) is 6.04 Å². The van der Waals surface area contributed by atoms with Crippen molar-refractivity contribution in [2.45, 2.75) is 62.8 Å². The van der Waals surface area contributed by atoms with Crippen LogP contribution in [0.2, 0.25) is 0 Å². The highest BCUT2D eigenvalue weighted by molar-refractivity contribution is 7.86. The van der Waals surface area contributed by atoms with Crippen LogP contribution in [0.5, 0.6) is 5.75 Å². The van der Waals surface area contributed by atoms with E-state index in [0.717, 1.165) is 43.2 Å². The molecule has 0 radical (unpaired) electrons. The molecule has 3 aromatic rings. The highest BCUT2D eigenvalue weighted by atomic mass is 32.2. The second-order valence-electron chi connectivity index (χ2n) is 10.1. The molecule has 1 atom stereocenters. The number of aryl methyl sites for hydroxylation is 2. The molecule has 1 saturated carbocycles. The van der Waals surface area contributed by atoms with E-state index in [0.29, 0.717) is 6.42 Å². The summed E-state index contributed by atoms with van der Waals surface area (Å²) in [4.78, 5) is 27.8. The SMILES string of the molecule is Cc1ccc(S(=O)(=O)OCC(CCc2ccccc2)(C(=O)NC2CCCCC2)C(=O)Oc2ccccc2)cc1. The van der Waals surface area contributed by atoms with Gasteiger partial charge in [-0.25, -0.2) is 0 Å². The van der Waals surface area contributed by atoms with Gasteiger partial charge in [-0.3, -0.25) is 13.8 Å². The lowest BCUT2D eigenvalue weighted by Gasteiger charge is -2.33. The third kappa shape index (κ3) is 7.55. The van der Waals surface area contributed by atoms with Crippen molar-refractivity contribution in [3.05, 3.63) is 96.1 Å². The zero-order valence-electron chi connectivity index (χ0n) is 22.2. The Balaban J connectivity index is 1.68. The number of amides is 1. The van der Waals surface area contributed by atoms with Crippen molar-refractivity contribution >= 4 is 22.0 Å². The summed E-state index contributed by atoms with van der Waals surface area (Å²) in [5.74, 6) is -1.17. The fourth-order valence-electron chi connectivity index (χ4n) is 4.72. The van der Waals surface area contributed by atoms with Crippen molar-refractivity contribution in [1.82, 2.24) is 5.32 Å². The van der Waals surface area contributed by atoms with Crippen molar-refractivity contribution < 1.29 is 26.9 Å². The highest BCUT2D eigenvalue weighted by Gasteiger charge is 2.49. The van der Waals surface area contributed by atoms with Crippen LogP contribution in [0, 0.1) is 12.3 Å². The Kier molecular flexibility index (Phi) is 9.54. The van der Waals surface area contributed by atoms with E-state index in [9.17, 15) is 18.0 Å². The minimum atomic E-state index is -4.25. The second-order valence-corrected chi connectivity index (χ2v) is 11.7. The number of hydrogen-bond acceptors (Lipinski definition) is 6.